The molecule has 0 aromatic heterocycles. The largest absolute Gasteiger partial charge is 0.275 e. The molecule has 1 saturated carbocycles. The molecule has 0 heterocycles. The molecule has 1 aliphatic rings. The molecule has 2 atom stereocenters. The Morgan fingerprint density at radius 1 is 1.70 bits per heavy atom. The fourth-order valence-corrected chi connectivity index (χ4v) is 0.990. The van der Waals surface area contributed by atoms with E-state index in [1.807, 2.05) is 0 Å². The van der Waals surface area contributed by atoms with E-state index in [0.717, 1.165) is 6.42 Å². The van der Waals surface area contributed by atoms with Gasteiger partial charge < -0.3 is 0 Å². The molecule has 0 N–H and O–H groups in total. The zero-order chi connectivity index (χ0) is 7.72. The second kappa shape index (κ2) is 2.58. The maximum absolute atomic E-state index is 11.1. The second-order valence-electron chi connectivity index (χ2n) is 2.84. The van der Waals surface area contributed by atoms with Gasteiger partial charge in [-0.2, -0.15) is 0 Å². The van der Waals surface area contributed by atoms with Crippen molar-refractivity contribution in [3.8, 4) is 0 Å². The summed E-state index contributed by atoms with van der Waals surface area (Å²) in [6.45, 7) is 2.08. The van der Waals surface area contributed by atoms with E-state index >= 15 is 0 Å². The summed E-state index contributed by atoms with van der Waals surface area (Å²) in [5.41, 5.74) is 0. The van der Waals surface area contributed by atoms with Crippen molar-refractivity contribution in [2.75, 3.05) is 14.2 Å². The van der Waals surface area contributed by atoms with Crippen LogP contribution in [0.4, 0.5) is 0 Å². The Balaban J connectivity index is 2.35. The number of rotatable bonds is 2. The SMILES string of the molecule is CON(C)C(=O)[C@@H]1C[C@@H]1C. The van der Waals surface area contributed by atoms with Gasteiger partial charge in [-0.1, -0.05) is 6.92 Å². The molecule has 0 unspecified atom stereocenters. The van der Waals surface area contributed by atoms with Crippen LogP contribution in [0.25, 0.3) is 0 Å². The van der Waals surface area contributed by atoms with Crippen molar-refractivity contribution in [3.05, 3.63) is 0 Å². The second-order valence-corrected chi connectivity index (χ2v) is 2.84. The fraction of sp³-hybridized carbons (Fsp3) is 0.857. The minimum atomic E-state index is 0.106. The van der Waals surface area contributed by atoms with Crippen LogP contribution < -0.4 is 0 Å². The third-order valence-corrected chi connectivity index (χ3v) is 2.01. The van der Waals surface area contributed by atoms with Crippen LogP contribution in [0.2, 0.25) is 0 Å². The van der Waals surface area contributed by atoms with Crippen molar-refractivity contribution >= 4 is 5.91 Å². The average molecular weight is 143 g/mol. The predicted octanol–water partition coefficient (Wildman–Crippen LogP) is 0.662. The highest BCUT2D eigenvalue weighted by atomic mass is 16.7. The zero-order valence-corrected chi connectivity index (χ0v) is 6.63. The molecule has 1 fully saturated rings. The molecule has 1 amide bonds. The molecule has 10 heavy (non-hydrogen) atoms. The lowest BCUT2D eigenvalue weighted by Gasteiger charge is -2.12. The molecule has 1 aliphatic carbocycles. The quantitative estimate of drug-likeness (QED) is 0.531. The van der Waals surface area contributed by atoms with Gasteiger partial charge >= 0.3 is 0 Å². The average Bonchev–Trinajstić information content (AvgIpc) is 2.63. The molecule has 0 radical (unpaired) electrons. The van der Waals surface area contributed by atoms with Crippen LogP contribution in [0.15, 0.2) is 0 Å². The summed E-state index contributed by atoms with van der Waals surface area (Å²) in [7, 11) is 3.15. The zero-order valence-electron chi connectivity index (χ0n) is 6.63. The Hall–Kier alpha value is -0.570. The highest BCUT2D eigenvalue weighted by Gasteiger charge is 2.40. The number of amides is 1. The van der Waals surface area contributed by atoms with Crippen LogP contribution in [0.1, 0.15) is 13.3 Å². The molecule has 0 saturated heterocycles. The standard InChI is InChI=1S/C7H13NO2/c1-5-4-6(5)7(9)8(2)10-3/h5-6H,4H2,1-3H3/t5-,6+/m0/s1. The van der Waals surface area contributed by atoms with Crippen molar-refractivity contribution < 1.29 is 9.63 Å². The van der Waals surface area contributed by atoms with E-state index in [-0.39, 0.29) is 11.8 Å². The maximum atomic E-state index is 11.1. The Morgan fingerprint density at radius 2 is 2.20 bits per heavy atom. The highest BCUT2D eigenvalue weighted by Crippen LogP contribution is 2.38. The summed E-state index contributed by atoms with van der Waals surface area (Å²) in [5.74, 6) is 0.894. The maximum Gasteiger partial charge on any atom is 0.249 e. The van der Waals surface area contributed by atoms with Gasteiger partial charge in [-0.15, -0.1) is 0 Å². The van der Waals surface area contributed by atoms with E-state index in [9.17, 15) is 4.79 Å². The number of hydrogen-bond donors (Lipinski definition) is 0. The molecule has 0 aromatic carbocycles. The van der Waals surface area contributed by atoms with Gasteiger partial charge in [0.25, 0.3) is 0 Å². The smallest absolute Gasteiger partial charge is 0.249 e. The van der Waals surface area contributed by atoms with Gasteiger partial charge in [-0.05, 0) is 12.3 Å². The molecule has 58 valence electrons. The van der Waals surface area contributed by atoms with Gasteiger partial charge in [-0.3, -0.25) is 9.63 Å². The van der Waals surface area contributed by atoms with Crippen LogP contribution >= 0.6 is 0 Å². The Morgan fingerprint density at radius 3 is 2.50 bits per heavy atom. The molecule has 1 rings (SSSR count). The predicted molar refractivity (Wildman–Crippen MR) is 37.0 cm³/mol. The summed E-state index contributed by atoms with van der Waals surface area (Å²) < 4.78 is 0. The lowest BCUT2D eigenvalue weighted by Crippen LogP contribution is -2.27. The monoisotopic (exact) mass is 143 g/mol. The van der Waals surface area contributed by atoms with Crippen molar-refractivity contribution in [1.29, 1.82) is 0 Å². The van der Waals surface area contributed by atoms with Crippen LogP contribution in [0.5, 0.6) is 0 Å². The number of hydrogen-bond acceptors (Lipinski definition) is 2. The first-order chi connectivity index (χ1) is 4.66. The van der Waals surface area contributed by atoms with E-state index in [2.05, 4.69) is 6.92 Å². The number of carbonyl (C=O) groups excluding carboxylic acids is 1. The van der Waals surface area contributed by atoms with E-state index in [4.69, 9.17) is 4.84 Å². The third kappa shape index (κ3) is 1.29. The van der Waals surface area contributed by atoms with E-state index in [1.165, 1.54) is 12.2 Å². The van der Waals surface area contributed by atoms with Gasteiger partial charge in [0.2, 0.25) is 5.91 Å². The Labute approximate surface area is 60.9 Å². The van der Waals surface area contributed by atoms with Crippen molar-refractivity contribution in [1.82, 2.24) is 5.06 Å². The van der Waals surface area contributed by atoms with Crippen molar-refractivity contribution in [2.24, 2.45) is 11.8 Å². The molecule has 3 nitrogen and oxygen atoms in total. The molecule has 0 spiro atoms. The first-order valence-electron chi connectivity index (χ1n) is 3.48. The Kier molecular flexibility index (Phi) is 1.94. The van der Waals surface area contributed by atoms with Crippen LogP contribution in [0, 0.1) is 11.8 Å². The highest BCUT2D eigenvalue weighted by molar-refractivity contribution is 5.80. The van der Waals surface area contributed by atoms with Gasteiger partial charge in [0, 0.05) is 13.0 Å². The minimum absolute atomic E-state index is 0.106. The summed E-state index contributed by atoms with van der Waals surface area (Å²) in [6.07, 6.45) is 1.02. The van der Waals surface area contributed by atoms with Crippen molar-refractivity contribution in [2.45, 2.75) is 13.3 Å². The van der Waals surface area contributed by atoms with Gasteiger partial charge in [-0.25, -0.2) is 5.06 Å². The van der Waals surface area contributed by atoms with Crippen LogP contribution in [-0.2, 0) is 9.63 Å². The summed E-state index contributed by atoms with van der Waals surface area (Å²) in [5, 5.41) is 1.30. The summed E-state index contributed by atoms with van der Waals surface area (Å²) in [6, 6.07) is 0. The van der Waals surface area contributed by atoms with Crippen LogP contribution in [-0.4, -0.2) is 25.1 Å². The van der Waals surface area contributed by atoms with E-state index in [1.54, 1.807) is 7.05 Å². The number of carbonyl (C=O) groups is 1. The molecule has 0 aliphatic heterocycles. The third-order valence-electron chi connectivity index (χ3n) is 2.01. The fourth-order valence-electron chi connectivity index (χ4n) is 0.990. The van der Waals surface area contributed by atoms with E-state index in [0.29, 0.717) is 5.92 Å². The van der Waals surface area contributed by atoms with Gasteiger partial charge in [0.15, 0.2) is 0 Å². The summed E-state index contributed by atoms with van der Waals surface area (Å²) in [4.78, 5) is 15.9. The summed E-state index contributed by atoms with van der Waals surface area (Å²) >= 11 is 0. The number of nitrogens with zero attached hydrogens (tertiary/aromatic N) is 1. The molecule has 0 aromatic rings. The van der Waals surface area contributed by atoms with Crippen molar-refractivity contribution in [3.63, 3.8) is 0 Å². The topological polar surface area (TPSA) is 29.5 Å². The van der Waals surface area contributed by atoms with Crippen LogP contribution in [0.3, 0.4) is 0 Å². The lowest BCUT2D eigenvalue weighted by atomic mass is 10.3. The first kappa shape index (κ1) is 7.54. The number of hydroxylamine groups is 2. The van der Waals surface area contributed by atoms with Gasteiger partial charge in [0.1, 0.15) is 0 Å². The lowest BCUT2D eigenvalue weighted by molar-refractivity contribution is -0.170. The first-order valence-corrected chi connectivity index (χ1v) is 3.48. The molecular formula is C7H13NO2. The minimum Gasteiger partial charge on any atom is -0.275 e. The van der Waals surface area contributed by atoms with E-state index < -0.39 is 0 Å². The normalized spacial score (nSPS) is 29.9. The molecule has 3 heteroatoms. The molecular weight excluding hydrogens is 130 g/mol. The molecule has 0 bridgehead atoms. The van der Waals surface area contributed by atoms with Gasteiger partial charge in [0.05, 0.1) is 7.11 Å². The Bertz CT molecular complexity index is 141.